The number of hydrogen-bond donors (Lipinski definition) is 0. The van der Waals surface area contributed by atoms with Crippen molar-refractivity contribution in [2.75, 3.05) is 0 Å². The van der Waals surface area contributed by atoms with Gasteiger partial charge in [0.1, 0.15) is 11.7 Å². The zero-order valence-electron chi connectivity index (χ0n) is 11.6. The summed E-state index contributed by atoms with van der Waals surface area (Å²) in [7, 11) is 0. The average Bonchev–Trinajstić information content (AvgIpc) is 3.04. The van der Waals surface area contributed by atoms with Gasteiger partial charge in [-0.2, -0.15) is 0 Å². The van der Waals surface area contributed by atoms with Gasteiger partial charge >= 0.3 is 0 Å². The number of aliphatic carboxylic acids is 1. The molecule has 0 N–H and O–H groups in total. The zero-order chi connectivity index (χ0) is 15.7. The number of carbonyl (C=O) groups excluding carboxylic acids is 1. The van der Waals surface area contributed by atoms with Gasteiger partial charge in [0.25, 0.3) is 0 Å². The van der Waals surface area contributed by atoms with Gasteiger partial charge in [-0.1, -0.05) is 12.1 Å². The first-order valence-electron chi connectivity index (χ1n) is 6.55. The summed E-state index contributed by atoms with van der Waals surface area (Å²) in [5.41, 5.74) is -0.117. The molecular weight excluding hydrogens is 288 g/mol. The van der Waals surface area contributed by atoms with Crippen LogP contribution < -0.4 is 15.3 Å². The van der Waals surface area contributed by atoms with Gasteiger partial charge in [0.15, 0.2) is 5.76 Å². The van der Waals surface area contributed by atoms with Crippen LogP contribution in [0, 0.1) is 0 Å². The van der Waals surface area contributed by atoms with Crippen molar-refractivity contribution in [2.24, 2.45) is 0 Å². The number of para-hydroxylation sites is 1. The molecule has 6 heteroatoms. The third-order valence-electron chi connectivity index (χ3n) is 3.13. The first-order chi connectivity index (χ1) is 10.6. The van der Waals surface area contributed by atoms with E-state index in [1.54, 1.807) is 36.4 Å². The second kappa shape index (κ2) is 5.40. The summed E-state index contributed by atoms with van der Waals surface area (Å²) in [6.07, 6.45) is 0.106. The fourth-order valence-electron chi connectivity index (χ4n) is 2.03. The number of carbonyl (C=O) groups is 1. The van der Waals surface area contributed by atoms with Crippen molar-refractivity contribution >= 4 is 16.9 Å². The molecule has 1 atom stereocenters. The topological polar surface area (TPSA) is 92.7 Å². The second-order valence-corrected chi connectivity index (χ2v) is 4.64. The predicted molar refractivity (Wildman–Crippen MR) is 75.3 cm³/mol. The van der Waals surface area contributed by atoms with Gasteiger partial charge < -0.3 is 23.5 Å². The summed E-state index contributed by atoms with van der Waals surface area (Å²) in [6, 6.07) is 9.82. The molecule has 112 valence electrons. The molecule has 0 bridgehead atoms. The molecule has 1 aromatic carbocycles. The molecule has 0 saturated heterocycles. The molecule has 6 nitrogen and oxygen atoms in total. The van der Waals surface area contributed by atoms with E-state index in [-0.39, 0.29) is 17.3 Å². The maximum Gasteiger partial charge on any atom is 0.235 e. The van der Waals surface area contributed by atoms with Crippen molar-refractivity contribution < 1.29 is 23.5 Å². The Bertz CT molecular complexity index is 875. The molecule has 0 spiro atoms. The van der Waals surface area contributed by atoms with Crippen LogP contribution >= 0.6 is 0 Å². The first-order valence-corrected chi connectivity index (χ1v) is 6.55. The van der Waals surface area contributed by atoms with Crippen LogP contribution in [0.25, 0.3) is 22.5 Å². The highest BCUT2D eigenvalue weighted by molar-refractivity contribution is 5.81. The summed E-state index contributed by atoms with van der Waals surface area (Å²) in [5, 5.41) is 11.2. The lowest BCUT2D eigenvalue weighted by atomic mass is 10.2. The van der Waals surface area contributed by atoms with E-state index < -0.39 is 17.5 Å². The van der Waals surface area contributed by atoms with Crippen LogP contribution in [-0.2, 0) is 4.79 Å². The minimum absolute atomic E-state index is 0.0433. The van der Waals surface area contributed by atoms with Gasteiger partial charge in [-0.3, -0.25) is 4.79 Å². The summed E-state index contributed by atoms with van der Waals surface area (Å²) in [4.78, 5) is 23.4. The number of rotatable bonds is 4. The maximum absolute atomic E-state index is 12.6. The zero-order valence-corrected chi connectivity index (χ0v) is 11.6. The van der Waals surface area contributed by atoms with Crippen molar-refractivity contribution in [3.05, 3.63) is 52.9 Å². The number of hydrogen-bond acceptors (Lipinski definition) is 6. The van der Waals surface area contributed by atoms with E-state index in [1.807, 2.05) is 0 Å². The Balaban J connectivity index is 2.26. The SMILES string of the molecule is C[C@@H](Oc1c(-c2ccco2)oc2ccccc2c1=O)C(=O)[O-]. The lowest BCUT2D eigenvalue weighted by Crippen LogP contribution is -2.38. The van der Waals surface area contributed by atoms with Gasteiger partial charge in [-0.25, -0.2) is 0 Å². The van der Waals surface area contributed by atoms with E-state index in [0.29, 0.717) is 11.0 Å². The monoisotopic (exact) mass is 299 g/mol. The number of ether oxygens (including phenoxy) is 1. The molecule has 22 heavy (non-hydrogen) atoms. The van der Waals surface area contributed by atoms with Crippen molar-refractivity contribution in [3.8, 4) is 17.3 Å². The van der Waals surface area contributed by atoms with Crippen LogP contribution in [0.2, 0.25) is 0 Å². The second-order valence-electron chi connectivity index (χ2n) is 4.64. The van der Waals surface area contributed by atoms with Gasteiger partial charge in [0, 0.05) is 0 Å². The van der Waals surface area contributed by atoms with Crippen LogP contribution in [0.3, 0.4) is 0 Å². The van der Waals surface area contributed by atoms with E-state index in [4.69, 9.17) is 13.6 Å². The van der Waals surface area contributed by atoms with Crippen molar-refractivity contribution in [1.82, 2.24) is 0 Å². The van der Waals surface area contributed by atoms with Crippen molar-refractivity contribution in [2.45, 2.75) is 13.0 Å². The molecule has 0 aliphatic carbocycles. The molecule has 0 radical (unpaired) electrons. The Kier molecular flexibility index (Phi) is 3.42. The molecule has 0 amide bonds. The first kappa shape index (κ1) is 13.9. The third-order valence-corrected chi connectivity index (χ3v) is 3.13. The fraction of sp³-hybridized carbons (Fsp3) is 0.125. The number of carboxylic acids is 1. The molecule has 0 saturated carbocycles. The quantitative estimate of drug-likeness (QED) is 0.726. The van der Waals surface area contributed by atoms with Crippen LogP contribution in [0.4, 0.5) is 0 Å². The number of fused-ring (bicyclic) bond motifs is 1. The van der Waals surface area contributed by atoms with Crippen LogP contribution in [0.15, 0.2) is 56.3 Å². The van der Waals surface area contributed by atoms with Gasteiger partial charge in [0.2, 0.25) is 16.9 Å². The fourth-order valence-corrected chi connectivity index (χ4v) is 2.03. The van der Waals surface area contributed by atoms with Crippen LogP contribution in [0.1, 0.15) is 6.92 Å². The van der Waals surface area contributed by atoms with Crippen molar-refractivity contribution in [1.29, 1.82) is 0 Å². The summed E-state index contributed by atoms with van der Waals surface area (Å²) >= 11 is 0. The lowest BCUT2D eigenvalue weighted by Gasteiger charge is -2.16. The number of furan rings is 1. The summed E-state index contributed by atoms with van der Waals surface area (Å²) in [5.74, 6) is -1.34. The largest absolute Gasteiger partial charge is 0.546 e. The van der Waals surface area contributed by atoms with E-state index >= 15 is 0 Å². The molecule has 0 aliphatic rings. The molecule has 3 rings (SSSR count). The van der Waals surface area contributed by atoms with E-state index in [9.17, 15) is 14.7 Å². The smallest absolute Gasteiger partial charge is 0.235 e. The van der Waals surface area contributed by atoms with Crippen LogP contribution in [0.5, 0.6) is 5.75 Å². The highest BCUT2D eigenvalue weighted by Gasteiger charge is 2.21. The minimum Gasteiger partial charge on any atom is -0.546 e. The Morgan fingerprint density at radius 1 is 1.23 bits per heavy atom. The van der Waals surface area contributed by atoms with Crippen LogP contribution in [-0.4, -0.2) is 12.1 Å². The molecule has 0 unspecified atom stereocenters. The van der Waals surface area contributed by atoms with E-state index in [2.05, 4.69) is 0 Å². The third kappa shape index (κ3) is 2.35. The Hall–Kier alpha value is -3.02. The molecule has 0 aliphatic heterocycles. The average molecular weight is 299 g/mol. The highest BCUT2D eigenvalue weighted by atomic mass is 16.5. The molecule has 2 heterocycles. The lowest BCUT2D eigenvalue weighted by molar-refractivity contribution is -0.312. The summed E-state index contributed by atoms with van der Waals surface area (Å²) in [6.45, 7) is 1.27. The highest BCUT2D eigenvalue weighted by Crippen LogP contribution is 2.31. The number of benzene rings is 1. The maximum atomic E-state index is 12.6. The minimum atomic E-state index is -1.43. The van der Waals surface area contributed by atoms with Gasteiger partial charge in [-0.05, 0) is 31.2 Å². The van der Waals surface area contributed by atoms with Gasteiger partial charge in [-0.15, -0.1) is 0 Å². The molecule has 2 aromatic heterocycles. The predicted octanol–water partition coefficient (Wildman–Crippen LogP) is 1.57. The number of carboxylic acid groups (broad SMARTS) is 1. The molecule has 0 fully saturated rings. The van der Waals surface area contributed by atoms with E-state index in [1.165, 1.54) is 13.2 Å². The summed E-state index contributed by atoms with van der Waals surface area (Å²) < 4.78 is 16.1. The Morgan fingerprint density at radius 2 is 2.00 bits per heavy atom. The Morgan fingerprint density at radius 3 is 2.68 bits per heavy atom. The molecular formula is C16H11O6-. The normalized spacial score (nSPS) is 12.2. The standard InChI is InChI=1S/C16H12O6/c1-9(16(18)19)21-15-13(17)10-5-2-3-6-11(10)22-14(15)12-7-4-8-20-12/h2-9H,1H3,(H,18,19)/p-1/t9-/m1/s1. The van der Waals surface area contributed by atoms with E-state index in [0.717, 1.165) is 0 Å². The Labute approximate surface area is 124 Å². The van der Waals surface area contributed by atoms with Crippen molar-refractivity contribution in [3.63, 3.8) is 0 Å². The molecule has 3 aromatic rings. The van der Waals surface area contributed by atoms with Gasteiger partial charge in [0.05, 0.1) is 17.6 Å².